The second-order valence-corrected chi connectivity index (χ2v) is 7.07. The van der Waals surface area contributed by atoms with E-state index in [9.17, 15) is 0 Å². The number of benzene rings is 2. The predicted octanol–water partition coefficient (Wildman–Crippen LogP) is 4.03. The van der Waals surface area contributed by atoms with Gasteiger partial charge in [-0.2, -0.15) is 0 Å². The SMILES string of the molecule is Nc1nccc2cc(NC3CCC(N)(c4ccccc4)CC3)ccc12. The van der Waals surface area contributed by atoms with Crippen LogP contribution >= 0.6 is 0 Å². The molecule has 1 heterocycles. The maximum Gasteiger partial charge on any atom is 0.131 e. The lowest BCUT2D eigenvalue weighted by atomic mass is 9.75. The topological polar surface area (TPSA) is 77.0 Å². The third-order valence-electron chi connectivity index (χ3n) is 5.39. The molecule has 0 bridgehead atoms. The van der Waals surface area contributed by atoms with Gasteiger partial charge in [-0.1, -0.05) is 30.3 Å². The first kappa shape index (κ1) is 15.9. The Labute approximate surface area is 148 Å². The van der Waals surface area contributed by atoms with Crippen LogP contribution in [0.3, 0.4) is 0 Å². The molecule has 25 heavy (non-hydrogen) atoms. The van der Waals surface area contributed by atoms with Gasteiger partial charge in [-0.05, 0) is 60.9 Å². The summed E-state index contributed by atoms with van der Waals surface area (Å²) in [5.41, 5.74) is 14.8. The van der Waals surface area contributed by atoms with Crippen molar-refractivity contribution in [3.63, 3.8) is 0 Å². The molecular weight excluding hydrogens is 308 g/mol. The lowest BCUT2D eigenvalue weighted by Gasteiger charge is -2.38. The van der Waals surface area contributed by atoms with Crippen LogP contribution in [0.15, 0.2) is 60.8 Å². The number of pyridine rings is 1. The molecule has 0 saturated heterocycles. The molecule has 0 unspecified atom stereocenters. The first-order valence-corrected chi connectivity index (χ1v) is 8.89. The highest BCUT2D eigenvalue weighted by Gasteiger charge is 2.33. The summed E-state index contributed by atoms with van der Waals surface area (Å²) >= 11 is 0. The zero-order valence-electron chi connectivity index (χ0n) is 14.3. The van der Waals surface area contributed by atoms with Gasteiger partial charge in [-0.15, -0.1) is 0 Å². The molecule has 1 fully saturated rings. The van der Waals surface area contributed by atoms with E-state index in [1.807, 2.05) is 18.2 Å². The molecule has 1 saturated carbocycles. The summed E-state index contributed by atoms with van der Waals surface area (Å²) in [5.74, 6) is 0.581. The molecule has 4 heteroatoms. The van der Waals surface area contributed by atoms with Crippen molar-refractivity contribution in [2.24, 2.45) is 5.73 Å². The van der Waals surface area contributed by atoms with Crippen molar-refractivity contribution >= 4 is 22.3 Å². The molecule has 0 aliphatic heterocycles. The first-order valence-electron chi connectivity index (χ1n) is 8.89. The number of nitrogens with two attached hydrogens (primary N) is 2. The molecular formula is C21H24N4. The van der Waals surface area contributed by atoms with Crippen LogP contribution in [0.1, 0.15) is 31.2 Å². The van der Waals surface area contributed by atoms with Crippen molar-refractivity contribution in [1.82, 2.24) is 4.98 Å². The molecule has 0 spiro atoms. The second-order valence-electron chi connectivity index (χ2n) is 7.07. The van der Waals surface area contributed by atoms with Gasteiger partial charge in [0, 0.05) is 28.9 Å². The highest BCUT2D eigenvalue weighted by Crippen LogP contribution is 2.36. The number of nitrogens with one attached hydrogen (secondary N) is 1. The van der Waals surface area contributed by atoms with E-state index in [2.05, 4.69) is 46.7 Å². The zero-order chi connectivity index (χ0) is 17.3. The molecule has 1 aromatic heterocycles. The summed E-state index contributed by atoms with van der Waals surface area (Å²) in [6.45, 7) is 0. The van der Waals surface area contributed by atoms with Crippen LogP contribution in [-0.2, 0) is 5.54 Å². The van der Waals surface area contributed by atoms with Gasteiger partial charge in [0.05, 0.1) is 0 Å². The monoisotopic (exact) mass is 332 g/mol. The Morgan fingerprint density at radius 3 is 2.52 bits per heavy atom. The van der Waals surface area contributed by atoms with Crippen LogP contribution in [0.2, 0.25) is 0 Å². The normalized spacial score (nSPS) is 23.5. The van der Waals surface area contributed by atoms with Gasteiger partial charge in [0.2, 0.25) is 0 Å². The van der Waals surface area contributed by atoms with E-state index >= 15 is 0 Å². The van der Waals surface area contributed by atoms with Crippen LogP contribution < -0.4 is 16.8 Å². The van der Waals surface area contributed by atoms with E-state index in [-0.39, 0.29) is 5.54 Å². The summed E-state index contributed by atoms with van der Waals surface area (Å²) in [6.07, 6.45) is 5.90. The van der Waals surface area contributed by atoms with E-state index < -0.39 is 0 Å². The van der Waals surface area contributed by atoms with Gasteiger partial charge in [0.25, 0.3) is 0 Å². The predicted molar refractivity (Wildman–Crippen MR) is 104 cm³/mol. The Kier molecular flexibility index (Phi) is 4.06. The second kappa shape index (κ2) is 6.37. The number of rotatable bonds is 3. The van der Waals surface area contributed by atoms with Crippen LogP contribution in [0, 0.1) is 0 Å². The lowest BCUT2D eigenvalue weighted by molar-refractivity contribution is 0.286. The van der Waals surface area contributed by atoms with Gasteiger partial charge >= 0.3 is 0 Å². The number of nitrogen functional groups attached to an aromatic ring is 1. The average molecular weight is 332 g/mol. The summed E-state index contributed by atoms with van der Waals surface area (Å²) in [4.78, 5) is 4.14. The molecule has 4 rings (SSSR count). The lowest BCUT2D eigenvalue weighted by Crippen LogP contribution is -2.43. The van der Waals surface area contributed by atoms with Gasteiger partial charge in [0.1, 0.15) is 5.82 Å². The van der Waals surface area contributed by atoms with Gasteiger partial charge in [-0.25, -0.2) is 4.98 Å². The smallest absolute Gasteiger partial charge is 0.131 e. The number of nitrogens with zero attached hydrogens (tertiary/aromatic N) is 1. The molecule has 1 aliphatic rings. The standard InChI is InChI=1S/C21H24N4/c22-20-19-7-6-18(14-15(19)10-13-24-20)25-17-8-11-21(23,12-9-17)16-4-2-1-3-5-16/h1-7,10,13-14,17,25H,8-9,11-12,23H2,(H2,22,24). The van der Waals surface area contributed by atoms with Crippen LogP contribution in [0.25, 0.3) is 10.8 Å². The summed E-state index contributed by atoms with van der Waals surface area (Å²) in [7, 11) is 0. The fourth-order valence-corrected chi connectivity index (χ4v) is 3.86. The number of aromatic nitrogens is 1. The number of hydrogen-bond donors (Lipinski definition) is 3. The Bertz CT molecular complexity index is 867. The maximum atomic E-state index is 6.68. The first-order chi connectivity index (χ1) is 12.1. The quantitative estimate of drug-likeness (QED) is 0.677. The van der Waals surface area contributed by atoms with Crippen molar-refractivity contribution in [2.75, 3.05) is 11.1 Å². The van der Waals surface area contributed by atoms with Crippen LogP contribution in [0.4, 0.5) is 11.5 Å². The minimum Gasteiger partial charge on any atom is -0.383 e. The van der Waals surface area contributed by atoms with Crippen molar-refractivity contribution < 1.29 is 0 Å². The van der Waals surface area contributed by atoms with Crippen molar-refractivity contribution in [3.8, 4) is 0 Å². The Morgan fingerprint density at radius 1 is 1.00 bits per heavy atom. The molecule has 3 aromatic rings. The summed E-state index contributed by atoms with van der Waals surface area (Å²) in [6, 6.07) is 19.2. The van der Waals surface area contributed by atoms with Crippen molar-refractivity contribution in [1.29, 1.82) is 0 Å². The fraction of sp³-hybridized carbons (Fsp3) is 0.286. The maximum absolute atomic E-state index is 6.68. The number of hydrogen-bond acceptors (Lipinski definition) is 4. The van der Waals surface area contributed by atoms with Gasteiger partial charge in [-0.3, -0.25) is 0 Å². The fourth-order valence-electron chi connectivity index (χ4n) is 3.86. The molecule has 1 aliphatic carbocycles. The highest BCUT2D eigenvalue weighted by atomic mass is 14.9. The van der Waals surface area contributed by atoms with E-state index in [1.165, 1.54) is 5.56 Å². The molecule has 5 N–H and O–H groups in total. The molecule has 128 valence electrons. The number of fused-ring (bicyclic) bond motifs is 1. The third-order valence-corrected chi connectivity index (χ3v) is 5.39. The summed E-state index contributed by atoms with van der Waals surface area (Å²) < 4.78 is 0. The van der Waals surface area contributed by atoms with E-state index in [0.717, 1.165) is 42.1 Å². The zero-order valence-corrected chi connectivity index (χ0v) is 14.3. The number of anilines is 2. The minimum atomic E-state index is -0.192. The molecule has 0 amide bonds. The Morgan fingerprint density at radius 2 is 1.76 bits per heavy atom. The van der Waals surface area contributed by atoms with Crippen LogP contribution in [0.5, 0.6) is 0 Å². The van der Waals surface area contributed by atoms with Crippen molar-refractivity contribution in [3.05, 3.63) is 66.4 Å². The van der Waals surface area contributed by atoms with Crippen molar-refractivity contribution in [2.45, 2.75) is 37.3 Å². The van der Waals surface area contributed by atoms with E-state index in [1.54, 1.807) is 6.20 Å². The Hall–Kier alpha value is -2.59. The van der Waals surface area contributed by atoms with Gasteiger partial charge in [0.15, 0.2) is 0 Å². The Balaban J connectivity index is 1.45. The van der Waals surface area contributed by atoms with Gasteiger partial charge < -0.3 is 16.8 Å². The molecule has 4 nitrogen and oxygen atoms in total. The summed E-state index contributed by atoms with van der Waals surface area (Å²) in [5, 5.41) is 5.78. The van der Waals surface area contributed by atoms with E-state index in [0.29, 0.717) is 11.9 Å². The molecule has 0 radical (unpaired) electrons. The molecule has 0 atom stereocenters. The minimum absolute atomic E-state index is 0.192. The largest absolute Gasteiger partial charge is 0.383 e. The third kappa shape index (κ3) is 3.17. The molecule has 2 aromatic carbocycles. The highest BCUT2D eigenvalue weighted by molar-refractivity contribution is 5.92. The average Bonchev–Trinajstić information content (AvgIpc) is 2.65. The van der Waals surface area contributed by atoms with Crippen LogP contribution in [-0.4, -0.2) is 11.0 Å². The van der Waals surface area contributed by atoms with E-state index in [4.69, 9.17) is 11.5 Å².